The number of hydrogen-bond donors (Lipinski definition) is 0. The van der Waals surface area contributed by atoms with E-state index >= 15 is 0 Å². The Balaban J connectivity index is 1.78. The first-order valence-electron chi connectivity index (χ1n) is 8.16. The smallest absolute Gasteiger partial charge is 0.237 e. The minimum atomic E-state index is 0.600. The van der Waals surface area contributed by atoms with Crippen molar-refractivity contribution in [1.29, 1.82) is 0 Å². The van der Waals surface area contributed by atoms with Crippen LogP contribution in [0, 0.1) is 6.92 Å². The third-order valence-electron chi connectivity index (χ3n) is 3.73. The number of benzene rings is 1. The summed E-state index contributed by atoms with van der Waals surface area (Å²) in [4.78, 5) is 4.39. The number of aryl methyl sites for hydroxylation is 2. The Bertz CT molecular complexity index is 811. The van der Waals surface area contributed by atoms with E-state index in [2.05, 4.69) is 57.8 Å². The first-order chi connectivity index (χ1) is 11.7. The van der Waals surface area contributed by atoms with Gasteiger partial charge >= 0.3 is 0 Å². The van der Waals surface area contributed by atoms with Crippen LogP contribution < -0.4 is 0 Å². The zero-order valence-electron chi connectivity index (χ0n) is 14.2. The molecule has 0 saturated carbocycles. The van der Waals surface area contributed by atoms with Crippen molar-refractivity contribution in [3.05, 3.63) is 41.5 Å². The monoisotopic (exact) mass is 343 g/mol. The van der Waals surface area contributed by atoms with Crippen LogP contribution in [0.3, 0.4) is 0 Å². The van der Waals surface area contributed by atoms with E-state index < -0.39 is 0 Å². The highest BCUT2D eigenvalue weighted by Crippen LogP contribution is 2.27. The van der Waals surface area contributed by atoms with Gasteiger partial charge in [-0.05, 0) is 25.8 Å². The van der Waals surface area contributed by atoms with Crippen molar-refractivity contribution in [1.82, 2.24) is 24.9 Å². The molecule has 0 radical (unpaired) electrons. The maximum Gasteiger partial charge on any atom is 0.237 e. The molecular formula is C17H21N5OS. The molecule has 0 aliphatic heterocycles. The van der Waals surface area contributed by atoms with Gasteiger partial charge in [-0.2, -0.15) is 4.98 Å². The molecule has 0 amide bonds. The van der Waals surface area contributed by atoms with Gasteiger partial charge < -0.3 is 9.09 Å². The van der Waals surface area contributed by atoms with Crippen LogP contribution in [0.4, 0.5) is 0 Å². The first kappa shape index (κ1) is 16.7. The maximum atomic E-state index is 5.28. The van der Waals surface area contributed by atoms with Crippen LogP contribution in [0.15, 0.2) is 33.9 Å². The van der Waals surface area contributed by atoms with Gasteiger partial charge in [0.1, 0.15) is 0 Å². The van der Waals surface area contributed by atoms with Crippen LogP contribution in [0.25, 0.3) is 11.4 Å². The van der Waals surface area contributed by atoms with Crippen molar-refractivity contribution < 1.29 is 4.52 Å². The Labute approximate surface area is 145 Å². The largest absolute Gasteiger partial charge is 0.338 e. The Kier molecular flexibility index (Phi) is 5.30. The van der Waals surface area contributed by atoms with Gasteiger partial charge in [-0.15, -0.1) is 10.2 Å². The van der Waals surface area contributed by atoms with Gasteiger partial charge in [0.15, 0.2) is 16.8 Å². The summed E-state index contributed by atoms with van der Waals surface area (Å²) in [6.07, 6.45) is 1.85. The van der Waals surface area contributed by atoms with E-state index in [-0.39, 0.29) is 0 Å². The Morgan fingerprint density at radius 2 is 2.00 bits per heavy atom. The third-order valence-corrected chi connectivity index (χ3v) is 4.68. The number of rotatable bonds is 7. The van der Waals surface area contributed by atoms with Crippen LogP contribution in [0.5, 0.6) is 0 Å². The van der Waals surface area contributed by atoms with E-state index in [4.69, 9.17) is 4.52 Å². The zero-order chi connectivity index (χ0) is 16.9. The summed E-state index contributed by atoms with van der Waals surface area (Å²) >= 11 is 1.57. The van der Waals surface area contributed by atoms with Gasteiger partial charge in [-0.25, -0.2) is 0 Å². The highest BCUT2D eigenvalue weighted by molar-refractivity contribution is 7.98. The maximum absolute atomic E-state index is 5.28. The van der Waals surface area contributed by atoms with Crippen LogP contribution >= 0.6 is 11.8 Å². The standard InChI is InChI=1S/C17H21N5OS/c1-4-8-14-18-15(23-21-14)11-24-17-20-19-16(22(17)5-2)13-10-7-6-9-12(13)3/h6-7,9-10H,4-5,8,11H2,1-3H3. The summed E-state index contributed by atoms with van der Waals surface area (Å²) < 4.78 is 7.40. The molecule has 0 atom stereocenters. The fourth-order valence-corrected chi connectivity index (χ4v) is 3.34. The van der Waals surface area contributed by atoms with Crippen molar-refractivity contribution in [2.75, 3.05) is 0 Å². The Morgan fingerprint density at radius 3 is 2.75 bits per heavy atom. The minimum Gasteiger partial charge on any atom is -0.338 e. The molecule has 2 heterocycles. The molecule has 3 rings (SSSR count). The van der Waals surface area contributed by atoms with E-state index in [9.17, 15) is 0 Å². The molecule has 1 aromatic carbocycles. The van der Waals surface area contributed by atoms with Crippen LogP contribution in [-0.4, -0.2) is 24.9 Å². The molecule has 0 bridgehead atoms. The molecule has 0 unspecified atom stereocenters. The van der Waals surface area contributed by atoms with Crippen molar-refractivity contribution in [3.63, 3.8) is 0 Å². The second kappa shape index (κ2) is 7.61. The summed E-state index contributed by atoms with van der Waals surface area (Å²) in [6.45, 7) is 7.09. The summed E-state index contributed by atoms with van der Waals surface area (Å²) in [5.41, 5.74) is 2.30. The van der Waals surface area contributed by atoms with Crippen molar-refractivity contribution in [2.45, 2.75) is 51.1 Å². The fraction of sp³-hybridized carbons (Fsp3) is 0.412. The summed E-state index contributed by atoms with van der Waals surface area (Å²) in [5, 5.41) is 13.6. The second-order valence-electron chi connectivity index (χ2n) is 5.51. The lowest BCUT2D eigenvalue weighted by Gasteiger charge is -2.08. The van der Waals surface area contributed by atoms with E-state index in [1.165, 1.54) is 5.56 Å². The molecule has 2 aromatic heterocycles. The van der Waals surface area contributed by atoms with Gasteiger partial charge in [-0.1, -0.05) is 48.1 Å². The van der Waals surface area contributed by atoms with Gasteiger partial charge in [0.25, 0.3) is 0 Å². The van der Waals surface area contributed by atoms with Crippen LogP contribution in [0.2, 0.25) is 0 Å². The quantitative estimate of drug-likeness (QED) is 0.606. The minimum absolute atomic E-state index is 0.600. The molecule has 6 nitrogen and oxygen atoms in total. The predicted molar refractivity (Wildman–Crippen MR) is 93.7 cm³/mol. The van der Waals surface area contributed by atoms with Gasteiger partial charge in [-0.3, -0.25) is 0 Å². The molecule has 0 aliphatic carbocycles. The lowest BCUT2D eigenvalue weighted by Crippen LogP contribution is -2.00. The molecule has 0 saturated heterocycles. The van der Waals surface area contributed by atoms with E-state index in [1.807, 2.05) is 12.1 Å². The van der Waals surface area contributed by atoms with E-state index in [0.717, 1.165) is 41.8 Å². The lowest BCUT2D eigenvalue weighted by atomic mass is 10.1. The molecule has 0 fully saturated rings. The molecule has 0 spiro atoms. The average molecular weight is 343 g/mol. The van der Waals surface area contributed by atoms with Gasteiger partial charge in [0.05, 0.1) is 5.75 Å². The molecule has 126 valence electrons. The van der Waals surface area contributed by atoms with Gasteiger partial charge in [0.2, 0.25) is 5.89 Å². The fourth-order valence-electron chi connectivity index (χ4n) is 2.50. The number of thioether (sulfide) groups is 1. The predicted octanol–water partition coefficient (Wildman–Crippen LogP) is 3.90. The average Bonchev–Trinajstić information content (AvgIpc) is 3.20. The van der Waals surface area contributed by atoms with Crippen molar-refractivity contribution in [2.24, 2.45) is 0 Å². The summed E-state index contributed by atoms with van der Waals surface area (Å²) in [7, 11) is 0. The van der Waals surface area contributed by atoms with Crippen molar-refractivity contribution >= 4 is 11.8 Å². The number of nitrogens with zero attached hydrogens (tertiary/aromatic N) is 5. The molecular weight excluding hydrogens is 322 g/mol. The lowest BCUT2D eigenvalue weighted by molar-refractivity contribution is 0.384. The highest BCUT2D eigenvalue weighted by atomic mass is 32.2. The highest BCUT2D eigenvalue weighted by Gasteiger charge is 2.16. The molecule has 24 heavy (non-hydrogen) atoms. The van der Waals surface area contributed by atoms with E-state index in [0.29, 0.717) is 11.6 Å². The SMILES string of the molecule is CCCc1noc(CSc2nnc(-c3ccccc3C)n2CC)n1. The molecule has 7 heteroatoms. The molecule has 0 N–H and O–H groups in total. The third kappa shape index (κ3) is 3.51. The van der Waals surface area contributed by atoms with Crippen molar-refractivity contribution in [3.8, 4) is 11.4 Å². The van der Waals surface area contributed by atoms with Crippen LogP contribution in [0.1, 0.15) is 37.5 Å². The zero-order valence-corrected chi connectivity index (χ0v) is 15.0. The van der Waals surface area contributed by atoms with E-state index in [1.54, 1.807) is 11.8 Å². The van der Waals surface area contributed by atoms with Gasteiger partial charge in [0, 0.05) is 18.5 Å². The normalized spacial score (nSPS) is 11.1. The first-order valence-corrected chi connectivity index (χ1v) is 9.15. The van der Waals surface area contributed by atoms with Crippen LogP contribution in [-0.2, 0) is 18.7 Å². The number of hydrogen-bond acceptors (Lipinski definition) is 6. The summed E-state index contributed by atoms with van der Waals surface area (Å²) in [5.74, 6) is 2.90. The topological polar surface area (TPSA) is 69.6 Å². The summed E-state index contributed by atoms with van der Waals surface area (Å²) in [6, 6.07) is 8.22. The second-order valence-corrected chi connectivity index (χ2v) is 6.45. The number of aromatic nitrogens is 5. The Hall–Kier alpha value is -2.15. The molecule has 3 aromatic rings. The molecule has 0 aliphatic rings. The Morgan fingerprint density at radius 1 is 1.17 bits per heavy atom.